The first-order valence-corrected chi connectivity index (χ1v) is 10.1. The zero-order chi connectivity index (χ0) is 19.6. The van der Waals surface area contributed by atoms with Crippen LogP contribution in [0.4, 0.5) is 21.7 Å². The molecule has 1 aliphatic rings. The van der Waals surface area contributed by atoms with Gasteiger partial charge >= 0.3 is 0 Å². The zero-order valence-corrected chi connectivity index (χ0v) is 15.7. The molecule has 9 heteroatoms. The molecule has 0 radical (unpaired) electrons. The van der Waals surface area contributed by atoms with Crippen LogP contribution in [0.2, 0.25) is 0 Å². The molecule has 0 amide bonds. The van der Waals surface area contributed by atoms with Crippen molar-refractivity contribution in [1.82, 2.24) is 14.3 Å². The number of hydrogen-bond donors (Lipinski definition) is 2. The van der Waals surface area contributed by atoms with Crippen LogP contribution in [-0.4, -0.2) is 31.9 Å². The van der Waals surface area contributed by atoms with Crippen molar-refractivity contribution < 1.29 is 13.2 Å². The SMILES string of the molecule is O=[S+]([O-])(c1ccccc1)N1CCNc2cnc(Nc3cccc(F)c3)nc2C1. The third kappa shape index (κ3) is 3.86. The Morgan fingerprint density at radius 2 is 2.00 bits per heavy atom. The van der Waals surface area contributed by atoms with Gasteiger partial charge in [0, 0.05) is 12.2 Å². The van der Waals surface area contributed by atoms with Crippen LogP contribution in [0, 0.1) is 5.82 Å². The summed E-state index contributed by atoms with van der Waals surface area (Å²) in [5, 5.41) is 6.10. The van der Waals surface area contributed by atoms with E-state index < -0.39 is 10.4 Å². The van der Waals surface area contributed by atoms with Crippen LogP contribution in [-0.2, 0) is 21.2 Å². The number of benzene rings is 2. The lowest BCUT2D eigenvalue weighted by Gasteiger charge is -2.25. The van der Waals surface area contributed by atoms with Crippen LogP contribution in [0.1, 0.15) is 5.69 Å². The van der Waals surface area contributed by atoms with E-state index in [0.29, 0.717) is 30.2 Å². The highest BCUT2D eigenvalue weighted by molar-refractivity contribution is 7.95. The Morgan fingerprint density at radius 3 is 2.79 bits per heavy atom. The minimum Gasteiger partial charge on any atom is -0.593 e. The van der Waals surface area contributed by atoms with Crippen molar-refractivity contribution in [3.8, 4) is 0 Å². The predicted octanol–water partition coefficient (Wildman–Crippen LogP) is 3.19. The van der Waals surface area contributed by atoms with Crippen molar-refractivity contribution in [3.63, 3.8) is 0 Å². The van der Waals surface area contributed by atoms with E-state index in [9.17, 15) is 13.2 Å². The summed E-state index contributed by atoms with van der Waals surface area (Å²) in [6.45, 7) is 0.860. The maximum absolute atomic E-state index is 13.4. The molecule has 2 aromatic carbocycles. The van der Waals surface area contributed by atoms with Crippen molar-refractivity contribution in [2.24, 2.45) is 0 Å². The fourth-order valence-electron chi connectivity index (χ4n) is 2.95. The Kier molecular flexibility index (Phi) is 5.03. The number of sulfonamides is 1. The van der Waals surface area contributed by atoms with Gasteiger partial charge in [-0.1, -0.05) is 28.5 Å². The van der Waals surface area contributed by atoms with Crippen LogP contribution in [0.25, 0.3) is 0 Å². The second kappa shape index (κ2) is 7.63. The van der Waals surface area contributed by atoms with Crippen molar-refractivity contribution in [1.29, 1.82) is 0 Å². The summed E-state index contributed by atoms with van der Waals surface area (Å²) in [4.78, 5) is 8.91. The summed E-state index contributed by atoms with van der Waals surface area (Å²) >= 11 is 0. The van der Waals surface area contributed by atoms with Gasteiger partial charge in [-0.05, 0) is 30.3 Å². The van der Waals surface area contributed by atoms with Gasteiger partial charge in [0.2, 0.25) is 5.95 Å². The predicted molar refractivity (Wildman–Crippen MR) is 104 cm³/mol. The molecule has 0 fully saturated rings. The third-order valence-corrected chi connectivity index (χ3v) is 6.19. The van der Waals surface area contributed by atoms with Crippen LogP contribution in [0.15, 0.2) is 65.7 Å². The molecule has 2 N–H and O–H groups in total. The van der Waals surface area contributed by atoms with E-state index in [2.05, 4.69) is 20.6 Å². The van der Waals surface area contributed by atoms with Gasteiger partial charge in [0.25, 0.3) is 0 Å². The monoisotopic (exact) mass is 399 g/mol. The fourth-order valence-corrected chi connectivity index (χ4v) is 4.37. The molecule has 3 aromatic rings. The van der Waals surface area contributed by atoms with Gasteiger partial charge in [-0.25, -0.2) is 14.4 Å². The number of nitrogens with zero attached hydrogens (tertiary/aromatic N) is 3. The van der Waals surface area contributed by atoms with Gasteiger partial charge in [-0.15, -0.1) is 4.31 Å². The quantitative estimate of drug-likeness (QED) is 0.655. The second-order valence-electron chi connectivity index (χ2n) is 6.27. The third-order valence-electron chi connectivity index (χ3n) is 4.33. The highest BCUT2D eigenvalue weighted by atomic mass is 32.3. The Labute approximate surface area is 163 Å². The first kappa shape index (κ1) is 18.5. The van der Waals surface area contributed by atoms with E-state index in [-0.39, 0.29) is 23.2 Å². The molecular weight excluding hydrogens is 381 g/mol. The molecule has 0 bridgehead atoms. The van der Waals surface area contributed by atoms with E-state index >= 15 is 0 Å². The molecule has 1 aromatic heterocycles. The summed E-state index contributed by atoms with van der Waals surface area (Å²) in [5.41, 5.74) is 1.73. The van der Waals surface area contributed by atoms with Gasteiger partial charge in [0.05, 0.1) is 30.7 Å². The maximum atomic E-state index is 13.4. The van der Waals surface area contributed by atoms with E-state index in [1.165, 1.54) is 16.4 Å². The maximum Gasteiger partial charge on any atom is 0.227 e. The number of fused-ring (bicyclic) bond motifs is 1. The van der Waals surface area contributed by atoms with Gasteiger partial charge in [-0.3, -0.25) is 0 Å². The molecule has 2 heterocycles. The molecule has 4 rings (SSSR count). The second-order valence-corrected chi connectivity index (χ2v) is 8.21. The summed E-state index contributed by atoms with van der Waals surface area (Å²) in [6, 6.07) is 14.3. The van der Waals surface area contributed by atoms with Crippen molar-refractivity contribution in [3.05, 3.63) is 72.3 Å². The van der Waals surface area contributed by atoms with Crippen LogP contribution >= 0.6 is 0 Å². The van der Waals surface area contributed by atoms with E-state index in [0.717, 1.165) is 0 Å². The summed E-state index contributed by atoms with van der Waals surface area (Å²) in [7, 11) is -3.64. The number of nitrogens with one attached hydrogen (secondary N) is 2. The fraction of sp³-hybridized carbons (Fsp3) is 0.158. The lowest BCUT2D eigenvalue weighted by Crippen LogP contribution is -2.37. The molecular formula is C19H18FN5O2S. The van der Waals surface area contributed by atoms with Crippen LogP contribution in [0.5, 0.6) is 0 Å². The molecule has 1 aliphatic heterocycles. The first-order chi connectivity index (χ1) is 13.5. The van der Waals surface area contributed by atoms with Crippen molar-refractivity contribution in [2.45, 2.75) is 11.4 Å². The number of hydrogen-bond acceptors (Lipinski definition) is 6. The molecule has 1 unspecified atom stereocenters. The molecule has 1 atom stereocenters. The number of rotatable bonds is 4. The Hall–Kier alpha value is -2.88. The number of halogens is 1. The highest BCUT2D eigenvalue weighted by Gasteiger charge is 2.32. The molecule has 0 saturated carbocycles. The highest BCUT2D eigenvalue weighted by Crippen LogP contribution is 2.27. The number of anilines is 3. The molecule has 28 heavy (non-hydrogen) atoms. The Bertz CT molecular complexity index is 1030. The van der Waals surface area contributed by atoms with Crippen LogP contribution in [0.3, 0.4) is 0 Å². The molecule has 0 spiro atoms. The summed E-state index contributed by atoms with van der Waals surface area (Å²) < 4.78 is 40.7. The van der Waals surface area contributed by atoms with Crippen LogP contribution < -0.4 is 10.6 Å². The lowest BCUT2D eigenvalue weighted by atomic mass is 10.3. The van der Waals surface area contributed by atoms with Gasteiger partial charge in [0.1, 0.15) is 5.82 Å². The lowest BCUT2D eigenvalue weighted by molar-refractivity contribution is 0.358. The van der Waals surface area contributed by atoms with Crippen molar-refractivity contribution in [2.75, 3.05) is 23.7 Å². The van der Waals surface area contributed by atoms with E-state index in [4.69, 9.17) is 0 Å². The van der Waals surface area contributed by atoms with Crippen molar-refractivity contribution >= 4 is 27.7 Å². The molecule has 0 aliphatic carbocycles. The average molecular weight is 399 g/mol. The van der Waals surface area contributed by atoms with Gasteiger partial charge in [0.15, 0.2) is 15.3 Å². The van der Waals surface area contributed by atoms with E-state index in [1.807, 2.05) is 0 Å². The molecule has 144 valence electrons. The Morgan fingerprint density at radius 1 is 1.18 bits per heavy atom. The molecule has 7 nitrogen and oxygen atoms in total. The summed E-state index contributed by atoms with van der Waals surface area (Å²) in [5.74, 6) is -0.105. The minimum absolute atomic E-state index is 0.111. The van der Waals surface area contributed by atoms with E-state index in [1.54, 1.807) is 48.7 Å². The topological polar surface area (TPSA) is 93.2 Å². The average Bonchev–Trinajstić information content (AvgIpc) is 2.91. The summed E-state index contributed by atoms with van der Waals surface area (Å²) in [6.07, 6.45) is 1.60. The van der Waals surface area contributed by atoms with Gasteiger partial charge < -0.3 is 15.2 Å². The largest absolute Gasteiger partial charge is 0.593 e. The normalized spacial score (nSPS) is 16.4. The minimum atomic E-state index is -3.64. The van der Waals surface area contributed by atoms with Gasteiger partial charge in [-0.2, -0.15) is 0 Å². The first-order valence-electron chi connectivity index (χ1n) is 8.70. The zero-order valence-electron chi connectivity index (χ0n) is 14.8. The smallest absolute Gasteiger partial charge is 0.227 e. The standard InChI is InChI=1S/C19H18FN5O2S/c20-14-5-4-6-15(11-14)23-19-22-12-17-18(24-19)13-25(10-9-21-17)28(26,27)16-7-2-1-3-8-16/h1-8,11-12,21H,9-10,13H2,(H-,22,23,24,26,27). The number of aromatic nitrogens is 2. The molecule has 0 saturated heterocycles. The Balaban J connectivity index is 1.61.